The number of halogens is 1. The normalized spacial score (nSPS) is 11.1. The molecule has 0 fully saturated rings. The first-order valence-electron chi connectivity index (χ1n) is 5.53. The molecule has 0 aliphatic rings. The maximum atomic E-state index is 11.6. The van der Waals surface area contributed by atoms with Gasteiger partial charge in [0.15, 0.2) is 5.65 Å². The molecule has 7 heteroatoms. The first kappa shape index (κ1) is 11.7. The summed E-state index contributed by atoms with van der Waals surface area (Å²) in [5, 5.41) is 0.628. The second-order valence-corrected chi connectivity index (χ2v) is 4.61. The summed E-state index contributed by atoms with van der Waals surface area (Å²) >= 11 is 5.90. The van der Waals surface area contributed by atoms with Gasteiger partial charge in [-0.05, 0) is 30.7 Å². The number of hydrogen-bond acceptors (Lipinski definition) is 3. The first-order valence-corrected chi connectivity index (χ1v) is 5.91. The van der Waals surface area contributed by atoms with E-state index in [1.165, 1.54) is 0 Å². The molecule has 2 aromatic heterocycles. The van der Waals surface area contributed by atoms with E-state index in [4.69, 9.17) is 11.6 Å². The number of H-pyrrole nitrogens is 3. The van der Waals surface area contributed by atoms with Crippen LogP contribution in [0.3, 0.4) is 0 Å². The lowest BCUT2D eigenvalue weighted by Gasteiger charge is -2.01. The Kier molecular flexibility index (Phi) is 2.53. The molecule has 1 aromatic carbocycles. The lowest BCUT2D eigenvalue weighted by molar-refractivity contribution is 1.07. The highest BCUT2D eigenvalue weighted by atomic mass is 35.5. The van der Waals surface area contributed by atoms with Crippen LogP contribution >= 0.6 is 11.6 Å². The molecule has 2 heterocycles. The van der Waals surface area contributed by atoms with Crippen molar-refractivity contribution in [1.29, 1.82) is 0 Å². The Morgan fingerprint density at radius 1 is 1.16 bits per heavy atom. The van der Waals surface area contributed by atoms with E-state index in [2.05, 4.69) is 19.9 Å². The zero-order valence-corrected chi connectivity index (χ0v) is 10.6. The topological polar surface area (TPSA) is 94.4 Å². The highest BCUT2D eigenvalue weighted by Gasteiger charge is 2.11. The summed E-state index contributed by atoms with van der Waals surface area (Å²) in [4.78, 5) is 34.5. The Labute approximate surface area is 111 Å². The van der Waals surface area contributed by atoms with Crippen molar-refractivity contribution < 1.29 is 0 Å². The molecule has 6 nitrogen and oxygen atoms in total. The third-order valence-electron chi connectivity index (χ3n) is 2.83. The van der Waals surface area contributed by atoms with Gasteiger partial charge >= 0.3 is 5.69 Å². The molecular formula is C12H9ClN4O2. The standard InChI is InChI=1S/C12H9ClN4O2/c1-5-4-6(13)2-3-7(5)9-14-8-10(15-9)16-12(19)17-11(8)18/h2-4H,1H3,(H3,14,15,16,17,18,19). The van der Waals surface area contributed by atoms with Crippen LogP contribution in [-0.2, 0) is 0 Å². The lowest BCUT2D eigenvalue weighted by atomic mass is 10.1. The summed E-state index contributed by atoms with van der Waals surface area (Å²) in [6.07, 6.45) is 0. The maximum absolute atomic E-state index is 11.6. The van der Waals surface area contributed by atoms with Crippen molar-refractivity contribution >= 4 is 22.8 Å². The number of benzene rings is 1. The molecule has 19 heavy (non-hydrogen) atoms. The molecule has 3 N–H and O–H groups in total. The molecule has 0 aliphatic heterocycles. The van der Waals surface area contributed by atoms with E-state index in [1.54, 1.807) is 12.1 Å². The van der Waals surface area contributed by atoms with Crippen LogP contribution in [0.2, 0.25) is 5.02 Å². The van der Waals surface area contributed by atoms with Gasteiger partial charge in [-0.25, -0.2) is 9.78 Å². The number of aromatic nitrogens is 4. The smallest absolute Gasteiger partial charge is 0.327 e. The average molecular weight is 277 g/mol. The SMILES string of the molecule is Cc1cc(Cl)ccc1-c1nc2[nH]c(=O)[nH]c(=O)c2[nH]1. The number of nitrogens with one attached hydrogen (secondary N) is 3. The van der Waals surface area contributed by atoms with Crippen molar-refractivity contribution in [2.24, 2.45) is 0 Å². The molecule has 0 spiro atoms. The monoisotopic (exact) mass is 276 g/mol. The Balaban J connectivity index is 2.29. The molecule has 0 radical (unpaired) electrons. The molecule has 0 saturated carbocycles. The van der Waals surface area contributed by atoms with Gasteiger partial charge in [-0.2, -0.15) is 0 Å². The molecule has 0 unspecified atom stereocenters. The summed E-state index contributed by atoms with van der Waals surface area (Å²) in [6.45, 7) is 1.89. The quantitative estimate of drug-likeness (QED) is 0.629. The van der Waals surface area contributed by atoms with Gasteiger partial charge in [-0.1, -0.05) is 11.6 Å². The molecule has 0 saturated heterocycles. The Morgan fingerprint density at radius 3 is 2.68 bits per heavy atom. The Hall–Kier alpha value is -2.34. The van der Waals surface area contributed by atoms with Crippen molar-refractivity contribution in [2.75, 3.05) is 0 Å². The van der Waals surface area contributed by atoms with Gasteiger partial charge in [-0.3, -0.25) is 14.8 Å². The second kappa shape index (κ2) is 4.10. The van der Waals surface area contributed by atoms with E-state index in [0.717, 1.165) is 11.1 Å². The second-order valence-electron chi connectivity index (χ2n) is 4.18. The van der Waals surface area contributed by atoms with Gasteiger partial charge in [-0.15, -0.1) is 0 Å². The van der Waals surface area contributed by atoms with Crippen LogP contribution in [0.15, 0.2) is 27.8 Å². The van der Waals surface area contributed by atoms with Crippen molar-refractivity contribution in [2.45, 2.75) is 6.92 Å². The van der Waals surface area contributed by atoms with E-state index >= 15 is 0 Å². The van der Waals surface area contributed by atoms with Crippen LogP contribution < -0.4 is 11.2 Å². The third-order valence-corrected chi connectivity index (χ3v) is 3.07. The fraction of sp³-hybridized carbons (Fsp3) is 0.0833. The van der Waals surface area contributed by atoms with E-state index in [0.29, 0.717) is 10.8 Å². The van der Waals surface area contributed by atoms with Gasteiger partial charge in [0.2, 0.25) is 0 Å². The minimum absolute atomic E-state index is 0.234. The van der Waals surface area contributed by atoms with E-state index in [-0.39, 0.29) is 11.2 Å². The number of hydrogen-bond donors (Lipinski definition) is 3. The molecule has 0 bridgehead atoms. The summed E-state index contributed by atoms with van der Waals surface area (Å²) in [5.41, 5.74) is 1.14. The van der Waals surface area contributed by atoms with Crippen LogP contribution in [0.4, 0.5) is 0 Å². The van der Waals surface area contributed by atoms with E-state index < -0.39 is 11.2 Å². The number of aryl methyl sites for hydroxylation is 1. The predicted octanol–water partition coefficient (Wildman–Crippen LogP) is 1.57. The van der Waals surface area contributed by atoms with Crippen molar-refractivity contribution in [3.63, 3.8) is 0 Å². The number of aromatic amines is 3. The summed E-state index contributed by atoms with van der Waals surface area (Å²) in [5.74, 6) is 0.511. The molecule has 3 rings (SSSR count). The van der Waals surface area contributed by atoms with Crippen LogP contribution in [0.1, 0.15) is 5.56 Å². The zero-order chi connectivity index (χ0) is 13.6. The van der Waals surface area contributed by atoms with Crippen LogP contribution in [0.25, 0.3) is 22.6 Å². The number of rotatable bonds is 1. The van der Waals surface area contributed by atoms with E-state index in [1.807, 2.05) is 13.0 Å². The van der Waals surface area contributed by atoms with Crippen molar-refractivity contribution in [3.8, 4) is 11.4 Å². The first-order chi connectivity index (χ1) is 9.04. The van der Waals surface area contributed by atoms with Crippen molar-refractivity contribution in [1.82, 2.24) is 19.9 Å². The molecule has 96 valence electrons. The number of nitrogens with zero attached hydrogens (tertiary/aromatic N) is 1. The molecule has 3 aromatic rings. The minimum Gasteiger partial charge on any atom is -0.332 e. The van der Waals surface area contributed by atoms with Crippen LogP contribution in [-0.4, -0.2) is 19.9 Å². The fourth-order valence-corrected chi connectivity index (χ4v) is 2.18. The maximum Gasteiger partial charge on any atom is 0.327 e. The number of fused-ring (bicyclic) bond motifs is 1. The minimum atomic E-state index is -0.580. The van der Waals surface area contributed by atoms with Gasteiger partial charge in [0, 0.05) is 10.6 Å². The number of imidazole rings is 1. The van der Waals surface area contributed by atoms with Gasteiger partial charge in [0.05, 0.1) is 0 Å². The Bertz CT molecular complexity index is 891. The highest BCUT2D eigenvalue weighted by molar-refractivity contribution is 6.30. The molecular weight excluding hydrogens is 268 g/mol. The van der Waals surface area contributed by atoms with Gasteiger partial charge < -0.3 is 4.98 Å². The Morgan fingerprint density at radius 2 is 1.95 bits per heavy atom. The van der Waals surface area contributed by atoms with Crippen LogP contribution in [0, 0.1) is 6.92 Å². The van der Waals surface area contributed by atoms with Crippen molar-refractivity contribution in [3.05, 3.63) is 49.6 Å². The fourth-order valence-electron chi connectivity index (χ4n) is 1.95. The van der Waals surface area contributed by atoms with E-state index in [9.17, 15) is 9.59 Å². The van der Waals surface area contributed by atoms with Gasteiger partial charge in [0.25, 0.3) is 5.56 Å². The van der Waals surface area contributed by atoms with Gasteiger partial charge in [0.1, 0.15) is 11.3 Å². The zero-order valence-electron chi connectivity index (χ0n) is 9.87. The molecule has 0 amide bonds. The summed E-state index contributed by atoms with van der Waals surface area (Å²) in [6, 6.07) is 5.35. The third kappa shape index (κ3) is 1.96. The molecule has 0 aliphatic carbocycles. The van der Waals surface area contributed by atoms with Crippen LogP contribution in [0.5, 0.6) is 0 Å². The summed E-state index contributed by atoms with van der Waals surface area (Å²) < 4.78 is 0. The summed E-state index contributed by atoms with van der Waals surface area (Å²) in [7, 11) is 0. The lowest BCUT2D eigenvalue weighted by Crippen LogP contribution is -2.21. The largest absolute Gasteiger partial charge is 0.332 e. The molecule has 0 atom stereocenters. The average Bonchev–Trinajstić information content (AvgIpc) is 2.72. The highest BCUT2D eigenvalue weighted by Crippen LogP contribution is 2.24. The predicted molar refractivity (Wildman–Crippen MR) is 72.5 cm³/mol.